The first-order valence-corrected chi connectivity index (χ1v) is 4.44. The van der Waals surface area contributed by atoms with Crippen LogP contribution in [0.2, 0.25) is 0 Å². The maximum absolute atomic E-state index is 12.6. The van der Waals surface area contributed by atoms with E-state index >= 15 is 0 Å². The Balaban J connectivity index is 0.00000196. The highest BCUT2D eigenvalue weighted by Gasteiger charge is 2.38. The first-order chi connectivity index (χ1) is 6.52. The van der Waals surface area contributed by atoms with Crippen molar-refractivity contribution in [3.63, 3.8) is 0 Å². The number of carboxylic acid groups (broad SMARTS) is 1. The number of alkyl halides is 2. The number of morpholine rings is 1. The van der Waals surface area contributed by atoms with Gasteiger partial charge in [0.25, 0.3) is 0 Å². The minimum atomic E-state index is -3.61. The molecule has 1 rings (SSSR count). The molecule has 0 aromatic heterocycles. The van der Waals surface area contributed by atoms with Gasteiger partial charge in [-0.05, 0) is 0 Å². The Kier molecular flexibility index (Phi) is 6.00. The van der Waals surface area contributed by atoms with Crippen molar-refractivity contribution < 1.29 is 23.4 Å². The monoisotopic (exact) mass is 245 g/mol. The lowest BCUT2D eigenvalue weighted by molar-refractivity contribution is -0.166. The topological polar surface area (TPSA) is 49.8 Å². The molecule has 90 valence electrons. The van der Waals surface area contributed by atoms with Gasteiger partial charge in [-0.3, -0.25) is 4.90 Å². The fraction of sp³-hybridized carbons (Fsp3) is 0.875. The van der Waals surface area contributed by atoms with Crippen LogP contribution in [-0.4, -0.2) is 54.7 Å². The Bertz CT molecular complexity index is 210. The van der Waals surface area contributed by atoms with Crippen LogP contribution in [0.1, 0.15) is 6.42 Å². The fourth-order valence-corrected chi connectivity index (χ4v) is 1.23. The summed E-state index contributed by atoms with van der Waals surface area (Å²) >= 11 is 0. The molecule has 15 heavy (non-hydrogen) atoms. The van der Waals surface area contributed by atoms with Gasteiger partial charge in [0.2, 0.25) is 0 Å². The molecule has 0 aromatic rings. The molecule has 1 N–H and O–H groups in total. The van der Waals surface area contributed by atoms with Crippen LogP contribution in [0.4, 0.5) is 8.78 Å². The van der Waals surface area contributed by atoms with Crippen molar-refractivity contribution in [1.82, 2.24) is 4.90 Å². The SMILES string of the molecule is Cl.O=C(O)C(F)(F)CCN1CCOCC1. The predicted octanol–water partition coefficient (Wildman–Crippen LogP) is 0.850. The molecule has 1 saturated heterocycles. The van der Waals surface area contributed by atoms with Crippen LogP contribution < -0.4 is 0 Å². The summed E-state index contributed by atoms with van der Waals surface area (Å²) in [6.07, 6.45) is -0.637. The van der Waals surface area contributed by atoms with Crippen molar-refractivity contribution in [3.8, 4) is 0 Å². The second-order valence-electron chi connectivity index (χ2n) is 3.21. The van der Waals surface area contributed by atoms with Crippen molar-refractivity contribution >= 4 is 18.4 Å². The maximum Gasteiger partial charge on any atom is 0.374 e. The van der Waals surface area contributed by atoms with Crippen LogP contribution in [0.5, 0.6) is 0 Å². The molecule has 0 spiro atoms. The molecule has 0 atom stereocenters. The molecular weight excluding hydrogens is 232 g/mol. The summed E-state index contributed by atoms with van der Waals surface area (Å²) in [5, 5.41) is 8.18. The van der Waals surface area contributed by atoms with E-state index in [9.17, 15) is 13.6 Å². The first-order valence-electron chi connectivity index (χ1n) is 4.44. The quantitative estimate of drug-likeness (QED) is 0.798. The number of nitrogens with zero attached hydrogens (tertiary/aromatic N) is 1. The van der Waals surface area contributed by atoms with Gasteiger partial charge in [0.15, 0.2) is 0 Å². The molecular formula is C8H14ClF2NO3. The van der Waals surface area contributed by atoms with Crippen LogP contribution in [0.3, 0.4) is 0 Å². The van der Waals surface area contributed by atoms with E-state index in [0.29, 0.717) is 26.3 Å². The molecule has 4 nitrogen and oxygen atoms in total. The van der Waals surface area contributed by atoms with Gasteiger partial charge in [-0.2, -0.15) is 8.78 Å². The lowest BCUT2D eigenvalue weighted by atomic mass is 10.2. The van der Waals surface area contributed by atoms with Crippen molar-refractivity contribution in [2.24, 2.45) is 0 Å². The van der Waals surface area contributed by atoms with Crippen LogP contribution in [-0.2, 0) is 9.53 Å². The minimum Gasteiger partial charge on any atom is -0.477 e. The van der Waals surface area contributed by atoms with Crippen molar-refractivity contribution in [3.05, 3.63) is 0 Å². The van der Waals surface area contributed by atoms with Crippen LogP contribution in [0.25, 0.3) is 0 Å². The average molecular weight is 246 g/mol. The van der Waals surface area contributed by atoms with Crippen LogP contribution >= 0.6 is 12.4 Å². The molecule has 1 fully saturated rings. The van der Waals surface area contributed by atoms with E-state index in [-0.39, 0.29) is 19.0 Å². The maximum atomic E-state index is 12.6. The fourth-order valence-electron chi connectivity index (χ4n) is 1.23. The second-order valence-corrected chi connectivity index (χ2v) is 3.21. The summed E-state index contributed by atoms with van der Waals surface area (Å²) < 4.78 is 30.3. The molecule has 0 unspecified atom stereocenters. The average Bonchev–Trinajstić information content (AvgIpc) is 2.16. The minimum absolute atomic E-state index is 0. The van der Waals surface area contributed by atoms with Crippen molar-refractivity contribution in [2.45, 2.75) is 12.3 Å². The van der Waals surface area contributed by atoms with Crippen LogP contribution in [0, 0.1) is 0 Å². The summed E-state index contributed by atoms with van der Waals surface area (Å²) in [4.78, 5) is 11.9. The first kappa shape index (κ1) is 14.5. The number of rotatable bonds is 4. The number of hydrogen-bond donors (Lipinski definition) is 1. The number of halogens is 3. The van der Waals surface area contributed by atoms with E-state index in [1.165, 1.54) is 0 Å². The summed E-state index contributed by atoms with van der Waals surface area (Å²) in [7, 11) is 0. The highest BCUT2D eigenvalue weighted by molar-refractivity contribution is 5.85. The molecule has 1 aliphatic rings. The lowest BCUT2D eigenvalue weighted by Gasteiger charge is -2.27. The Morgan fingerprint density at radius 1 is 1.40 bits per heavy atom. The molecule has 1 heterocycles. The molecule has 0 bridgehead atoms. The molecule has 0 aliphatic carbocycles. The van der Waals surface area contributed by atoms with E-state index in [0.717, 1.165) is 0 Å². The zero-order chi connectivity index (χ0) is 10.6. The summed E-state index contributed by atoms with van der Waals surface area (Å²) in [5.41, 5.74) is 0. The standard InChI is InChI=1S/C8H13F2NO3.ClH/c9-8(10,7(12)13)1-2-11-3-5-14-6-4-11;/h1-6H2,(H,12,13);1H. The zero-order valence-electron chi connectivity index (χ0n) is 8.12. The van der Waals surface area contributed by atoms with E-state index in [4.69, 9.17) is 9.84 Å². The number of aliphatic carboxylic acids is 1. The van der Waals surface area contributed by atoms with Gasteiger partial charge in [0.05, 0.1) is 13.2 Å². The van der Waals surface area contributed by atoms with Gasteiger partial charge < -0.3 is 9.84 Å². The number of carbonyl (C=O) groups is 1. The van der Waals surface area contributed by atoms with Crippen molar-refractivity contribution in [2.75, 3.05) is 32.8 Å². The third-order valence-corrected chi connectivity index (χ3v) is 2.16. The Morgan fingerprint density at radius 2 is 1.93 bits per heavy atom. The predicted molar refractivity (Wildman–Crippen MR) is 51.7 cm³/mol. The molecule has 7 heteroatoms. The van der Waals surface area contributed by atoms with E-state index in [1.807, 2.05) is 0 Å². The summed E-state index contributed by atoms with van der Waals surface area (Å²) in [6, 6.07) is 0. The summed E-state index contributed by atoms with van der Waals surface area (Å²) in [5.74, 6) is -5.66. The molecule has 0 radical (unpaired) electrons. The van der Waals surface area contributed by atoms with Crippen LogP contribution in [0.15, 0.2) is 0 Å². The smallest absolute Gasteiger partial charge is 0.374 e. The third kappa shape index (κ3) is 4.72. The van der Waals surface area contributed by atoms with Gasteiger partial charge in [0, 0.05) is 26.1 Å². The number of carboxylic acids is 1. The highest BCUT2D eigenvalue weighted by atomic mass is 35.5. The summed E-state index contributed by atoms with van der Waals surface area (Å²) in [6.45, 7) is 2.34. The van der Waals surface area contributed by atoms with Gasteiger partial charge in [-0.1, -0.05) is 0 Å². The van der Waals surface area contributed by atoms with Gasteiger partial charge in [-0.25, -0.2) is 4.79 Å². The molecule has 0 saturated carbocycles. The Morgan fingerprint density at radius 3 is 2.40 bits per heavy atom. The Labute approximate surface area is 92.6 Å². The van der Waals surface area contributed by atoms with E-state index < -0.39 is 18.3 Å². The van der Waals surface area contributed by atoms with Gasteiger partial charge >= 0.3 is 11.9 Å². The van der Waals surface area contributed by atoms with Crippen molar-refractivity contribution in [1.29, 1.82) is 0 Å². The Hall–Kier alpha value is -0.460. The highest BCUT2D eigenvalue weighted by Crippen LogP contribution is 2.19. The second kappa shape index (κ2) is 6.19. The normalized spacial score (nSPS) is 18.3. The number of ether oxygens (including phenoxy) is 1. The van der Waals surface area contributed by atoms with E-state index in [2.05, 4.69) is 0 Å². The molecule has 0 aromatic carbocycles. The zero-order valence-corrected chi connectivity index (χ0v) is 8.93. The number of hydrogen-bond acceptors (Lipinski definition) is 3. The van der Waals surface area contributed by atoms with Gasteiger partial charge in [-0.15, -0.1) is 12.4 Å². The molecule has 0 amide bonds. The lowest BCUT2D eigenvalue weighted by Crippen LogP contribution is -2.40. The third-order valence-electron chi connectivity index (χ3n) is 2.16. The molecule has 1 aliphatic heterocycles. The van der Waals surface area contributed by atoms with Gasteiger partial charge in [0.1, 0.15) is 0 Å². The largest absolute Gasteiger partial charge is 0.477 e. The van der Waals surface area contributed by atoms with E-state index in [1.54, 1.807) is 4.90 Å².